The molecule has 134 valence electrons. The fraction of sp³-hybridized carbons (Fsp3) is 0.467. The smallest absolute Gasteiger partial charge is 0.339 e. The van der Waals surface area contributed by atoms with Gasteiger partial charge in [-0.2, -0.15) is 4.31 Å². The van der Waals surface area contributed by atoms with E-state index in [-0.39, 0.29) is 31.7 Å². The van der Waals surface area contributed by atoms with Crippen molar-refractivity contribution in [2.75, 3.05) is 45.5 Å². The van der Waals surface area contributed by atoms with Gasteiger partial charge in [0.15, 0.2) is 0 Å². The molecule has 0 spiro atoms. The first-order valence-corrected chi connectivity index (χ1v) is 9.05. The van der Waals surface area contributed by atoms with Crippen LogP contribution < -0.4 is 5.32 Å². The summed E-state index contributed by atoms with van der Waals surface area (Å²) >= 11 is 0. The van der Waals surface area contributed by atoms with Gasteiger partial charge in [0.2, 0.25) is 15.9 Å². The van der Waals surface area contributed by atoms with Crippen molar-refractivity contribution in [1.29, 1.82) is 0 Å². The topological polar surface area (TPSA) is 102 Å². The standard InChI is InChI=1S/C15H22N2O6S/c1-22-11-10-17(24(3,20)21)9-8-14(18)16-13-7-5-4-6-12(13)15(19)23-2/h4-7H,8-11H2,1-3H3,(H,16,18). The van der Waals surface area contributed by atoms with Gasteiger partial charge >= 0.3 is 5.97 Å². The molecule has 0 radical (unpaired) electrons. The van der Waals surface area contributed by atoms with Crippen LogP contribution in [0.3, 0.4) is 0 Å². The molecule has 0 aliphatic heterocycles. The van der Waals surface area contributed by atoms with Gasteiger partial charge in [0.1, 0.15) is 0 Å². The summed E-state index contributed by atoms with van der Waals surface area (Å²) in [6.45, 7) is 0.426. The van der Waals surface area contributed by atoms with Crippen molar-refractivity contribution in [2.24, 2.45) is 0 Å². The van der Waals surface area contributed by atoms with Gasteiger partial charge in [0, 0.05) is 26.6 Å². The summed E-state index contributed by atoms with van der Waals surface area (Å²) in [5.41, 5.74) is 0.546. The molecule has 0 atom stereocenters. The minimum absolute atomic E-state index is 0.0222. The molecule has 1 N–H and O–H groups in total. The Kier molecular flexibility index (Phi) is 7.83. The first-order valence-electron chi connectivity index (χ1n) is 7.21. The summed E-state index contributed by atoms with van der Waals surface area (Å²) in [4.78, 5) is 23.7. The Morgan fingerprint density at radius 3 is 2.42 bits per heavy atom. The highest BCUT2D eigenvalue weighted by molar-refractivity contribution is 7.88. The molecule has 0 aliphatic carbocycles. The van der Waals surface area contributed by atoms with Gasteiger partial charge in [-0.25, -0.2) is 13.2 Å². The third kappa shape index (κ3) is 6.26. The van der Waals surface area contributed by atoms with Crippen LogP contribution >= 0.6 is 0 Å². The first kappa shape index (κ1) is 20.1. The highest BCUT2D eigenvalue weighted by atomic mass is 32.2. The predicted molar refractivity (Wildman–Crippen MR) is 89.3 cm³/mol. The van der Waals surface area contributed by atoms with Gasteiger partial charge in [0.05, 0.1) is 31.2 Å². The molecule has 1 rings (SSSR count). The molecule has 9 heteroatoms. The van der Waals surface area contributed by atoms with Crippen molar-refractivity contribution < 1.29 is 27.5 Å². The molecular weight excluding hydrogens is 336 g/mol. The van der Waals surface area contributed by atoms with Gasteiger partial charge in [-0.05, 0) is 12.1 Å². The monoisotopic (exact) mass is 358 g/mol. The average Bonchev–Trinajstić information content (AvgIpc) is 2.53. The lowest BCUT2D eigenvalue weighted by Crippen LogP contribution is -2.35. The van der Waals surface area contributed by atoms with Crippen LogP contribution in [-0.2, 0) is 24.3 Å². The maximum atomic E-state index is 12.1. The lowest BCUT2D eigenvalue weighted by molar-refractivity contribution is -0.116. The summed E-state index contributed by atoms with van der Waals surface area (Å²) in [6.07, 6.45) is 1.03. The van der Waals surface area contributed by atoms with Gasteiger partial charge in [0.25, 0.3) is 0 Å². The summed E-state index contributed by atoms with van der Waals surface area (Å²) < 4.78 is 34.0. The molecule has 0 heterocycles. The van der Waals surface area contributed by atoms with E-state index in [1.54, 1.807) is 18.2 Å². The molecule has 1 aromatic rings. The van der Waals surface area contributed by atoms with E-state index >= 15 is 0 Å². The predicted octanol–water partition coefficient (Wildman–Crippen LogP) is 0.710. The zero-order valence-electron chi connectivity index (χ0n) is 13.9. The quantitative estimate of drug-likeness (QED) is 0.652. The molecular formula is C15H22N2O6S. The highest BCUT2D eigenvalue weighted by Crippen LogP contribution is 2.16. The fourth-order valence-electron chi connectivity index (χ4n) is 1.96. The molecule has 0 saturated carbocycles. The first-order chi connectivity index (χ1) is 11.3. The van der Waals surface area contributed by atoms with E-state index in [0.29, 0.717) is 5.69 Å². The Morgan fingerprint density at radius 2 is 1.83 bits per heavy atom. The lowest BCUT2D eigenvalue weighted by Gasteiger charge is -2.19. The van der Waals surface area contributed by atoms with E-state index < -0.39 is 21.9 Å². The average molecular weight is 358 g/mol. The molecule has 0 aromatic heterocycles. The molecule has 1 amide bonds. The Labute approximate surface area is 141 Å². The van der Waals surface area contributed by atoms with Crippen LogP contribution in [0, 0.1) is 0 Å². The lowest BCUT2D eigenvalue weighted by atomic mass is 10.1. The number of nitrogens with zero attached hydrogens (tertiary/aromatic N) is 1. The van der Waals surface area contributed by atoms with Crippen LogP contribution in [0.15, 0.2) is 24.3 Å². The van der Waals surface area contributed by atoms with Gasteiger partial charge in [-0.3, -0.25) is 4.79 Å². The van der Waals surface area contributed by atoms with Crippen LogP contribution in [0.2, 0.25) is 0 Å². The summed E-state index contributed by atoms with van der Waals surface area (Å²) in [6, 6.07) is 6.42. The van der Waals surface area contributed by atoms with Crippen molar-refractivity contribution in [2.45, 2.75) is 6.42 Å². The number of ether oxygens (including phenoxy) is 2. The normalized spacial score (nSPS) is 11.3. The molecule has 0 unspecified atom stereocenters. The van der Waals surface area contributed by atoms with Gasteiger partial charge in [-0.1, -0.05) is 12.1 Å². The van der Waals surface area contributed by atoms with E-state index in [1.165, 1.54) is 24.6 Å². The Bertz CT molecular complexity index is 674. The van der Waals surface area contributed by atoms with Crippen LogP contribution in [-0.4, -0.2) is 64.8 Å². The molecule has 0 saturated heterocycles. The van der Waals surface area contributed by atoms with Crippen molar-refractivity contribution in [1.82, 2.24) is 4.31 Å². The number of nitrogens with one attached hydrogen (secondary N) is 1. The second-order valence-electron chi connectivity index (χ2n) is 4.99. The van der Waals surface area contributed by atoms with Gasteiger partial charge < -0.3 is 14.8 Å². The largest absolute Gasteiger partial charge is 0.465 e. The van der Waals surface area contributed by atoms with Crippen molar-refractivity contribution in [3.8, 4) is 0 Å². The summed E-state index contributed by atoms with van der Waals surface area (Å²) in [7, 11) is -0.712. The van der Waals surface area contributed by atoms with Crippen LogP contribution in [0.1, 0.15) is 16.8 Å². The fourth-order valence-corrected chi connectivity index (χ4v) is 2.78. The Hall–Kier alpha value is -1.97. The second kappa shape index (κ2) is 9.36. The minimum Gasteiger partial charge on any atom is -0.465 e. The number of anilines is 1. The van der Waals surface area contributed by atoms with E-state index in [9.17, 15) is 18.0 Å². The number of amides is 1. The number of hydrogen-bond donors (Lipinski definition) is 1. The van der Waals surface area contributed by atoms with Crippen LogP contribution in [0.5, 0.6) is 0 Å². The third-order valence-electron chi connectivity index (χ3n) is 3.21. The number of benzene rings is 1. The number of sulfonamides is 1. The highest BCUT2D eigenvalue weighted by Gasteiger charge is 2.18. The number of carbonyl (C=O) groups is 2. The minimum atomic E-state index is -3.43. The zero-order valence-corrected chi connectivity index (χ0v) is 14.8. The number of rotatable bonds is 9. The SMILES string of the molecule is COCCN(CCC(=O)Nc1ccccc1C(=O)OC)S(C)(=O)=O. The van der Waals surface area contributed by atoms with E-state index in [2.05, 4.69) is 10.1 Å². The summed E-state index contributed by atoms with van der Waals surface area (Å²) in [5, 5.41) is 2.60. The molecule has 0 aliphatic rings. The maximum absolute atomic E-state index is 12.1. The van der Waals surface area contributed by atoms with E-state index in [4.69, 9.17) is 4.74 Å². The number of carbonyl (C=O) groups excluding carboxylic acids is 2. The molecule has 24 heavy (non-hydrogen) atoms. The third-order valence-corrected chi connectivity index (χ3v) is 4.51. The van der Waals surface area contributed by atoms with Crippen molar-refractivity contribution in [3.63, 3.8) is 0 Å². The van der Waals surface area contributed by atoms with E-state index in [1.807, 2.05) is 0 Å². The molecule has 0 bridgehead atoms. The number of esters is 1. The van der Waals surface area contributed by atoms with Crippen molar-refractivity contribution in [3.05, 3.63) is 29.8 Å². The maximum Gasteiger partial charge on any atom is 0.339 e. The Morgan fingerprint density at radius 1 is 1.17 bits per heavy atom. The Balaban J connectivity index is 2.71. The molecule has 8 nitrogen and oxygen atoms in total. The van der Waals surface area contributed by atoms with Crippen molar-refractivity contribution >= 4 is 27.6 Å². The zero-order chi connectivity index (χ0) is 18.2. The van der Waals surface area contributed by atoms with E-state index in [0.717, 1.165) is 6.26 Å². The van der Waals surface area contributed by atoms with Crippen LogP contribution in [0.25, 0.3) is 0 Å². The summed E-state index contributed by atoms with van der Waals surface area (Å²) in [5.74, 6) is -0.971. The second-order valence-corrected chi connectivity index (χ2v) is 6.97. The number of hydrogen-bond acceptors (Lipinski definition) is 6. The van der Waals surface area contributed by atoms with Crippen LogP contribution in [0.4, 0.5) is 5.69 Å². The number of methoxy groups -OCH3 is 2. The van der Waals surface area contributed by atoms with Gasteiger partial charge in [-0.15, -0.1) is 0 Å². The molecule has 1 aromatic carbocycles. The molecule has 0 fully saturated rings. The number of para-hydroxylation sites is 1.